The third kappa shape index (κ3) is 12.7. The van der Waals surface area contributed by atoms with Crippen LogP contribution in [0.4, 0.5) is 34.1 Å². The Kier molecular flexibility index (Phi) is 18.5. The largest absolute Gasteiger partial charge is 0.456 e. The molecule has 0 unspecified atom stereocenters. The van der Waals surface area contributed by atoms with Crippen LogP contribution in [0, 0.1) is 0 Å². The predicted molar refractivity (Wildman–Crippen MR) is 597 cm³/mol. The Hall–Kier alpha value is -18.8. The van der Waals surface area contributed by atoms with Crippen molar-refractivity contribution >= 4 is 165 Å². The molecule has 0 radical (unpaired) electrons. The number of fused-ring (bicyclic) bond motifs is 26. The number of rotatable bonds is 14. The van der Waals surface area contributed by atoms with Gasteiger partial charge < -0.3 is 36.6 Å². The van der Waals surface area contributed by atoms with Gasteiger partial charge in [0.1, 0.15) is 44.7 Å². The van der Waals surface area contributed by atoms with Crippen molar-refractivity contribution < 1.29 is 17.7 Å². The third-order valence-corrected chi connectivity index (χ3v) is 30.7. The van der Waals surface area contributed by atoms with Crippen molar-refractivity contribution in [2.75, 3.05) is 9.80 Å². The maximum Gasteiger partial charge on any atom is 0.145 e. The van der Waals surface area contributed by atoms with E-state index in [0.717, 1.165) is 183 Å². The molecule has 30 rings (SSSR count). The molecule has 8 heteroatoms. The third-order valence-electron chi connectivity index (χ3n) is 30.7. The van der Waals surface area contributed by atoms with Crippen LogP contribution in [-0.4, -0.2) is 9.13 Å². The Morgan fingerprint density at radius 1 is 0.194 bits per heavy atom. The SMILES string of the molecule is CC1(C)c2ccccc2-c2ccc(N(c3ccc(-c4ccccc4)cc3)c3ccc(-c4cc5c6ccccc6n(-c6ccc7oc8ccccc8c7c6)c5c5c4oc4ccccc45)cc3)cc21.c1ccc(-c2ccc(N(c3ccc(-c4cc5c6ccccc6n(-c6ccc7oc8ccccc8c7c6)c5c5c4oc4ccccc45)cc3)c3ccc4c(c3)C(c3ccccc3)(c3ccccc3)c3ccccc3-4)cc2)cc1. The first-order valence-electron chi connectivity index (χ1n) is 49.5. The zero-order valence-electron chi connectivity index (χ0n) is 78.8. The number of hydrogen-bond donors (Lipinski definition) is 0. The minimum atomic E-state index is -0.544. The molecule has 0 atom stereocenters. The second-order valence-corrected chi connectivity index (χ2v) is 38.8. The van der Waals surface area contributed by atoms with E-state index in [2.05, 4.69) is 506 Å². The van der Waals surface area contributed by atoms with Crippen molar-refractivity contribution in [2.24, 2.45) is 0 Å². The molecule has 0 saturated carbocycles. The second-order valence-electron chi connectivity index (χ2n) is 38.8. The minimum Gasteiger partial charge on any atom is -0.456 e. The summed E-state index contributed by atoms with van der Waals surface area (Å²) in [6.45, 7) is 4.70. The van der Waals surface area contributed by atoms with Crippen LogP contribution in [-0.2, 0) is 10.8 Å². The summed E-state index contributed by atoms with van der Waals surface area (Å²) in [5.41, 5.74) is 41.3. The fourth-order valence-corrected chi connectivity index (χ4v) is 24.1. The van der Waals surface area contributed by atoms with E-state index in [-0.39, 0.29) is 5.41 Å². The molecule has 0 spiro atoms. The Morgan fingerprint density at radius 3 is 0.944 bits per heavy atom. The highest BCUT2D eigenvalue weighted by Gasteiger charge is 2.47. The summed E-state index contributed by atoms with van der Waals surface area (Å²) in [5.74, 6) is 0. The number of aromatic nitrogens is 2. The molecule has 144 heavy (non-hydrogen) atoms. The number of anilines is 6. The standard InChI is InChI=1S/C73H46N2O2.C63H42N2O2/c1-4-18-47(19-5-1)48-32-36-52(37-33-48)74(55-40-42-57-56-24-10-14-28-64(56)73(65(57)45-55,50-20-6-2-7-21-50)51-22-8-3-9-23-51)53-38-34-49(35-39-53)61-46-63-58-25-11-15-29-66(58)75(71(63)70-60-27-13-17-31-68(60)77-72(61)70)54-41-43-69-62(44-54)59-26-12-16-30-67(59)76-69;1-63(2)54-20-10-6-16-46(54)47-34-32-45(37-55(47)63)64(42-28-24-40(25-29-42)39-14-4-3-5-15-39)43-30-26-41(27-31-43)51-38-53-48-17-7-11-21-56(48)65(61(53)60-50-19-9-13-23-58(50)67-62(51)60)44-33-35-59-52(36-44)49-18-8-12-22-57(49)66-59/h1-46H;3-38H,1-2H3. The van der Waals surface area contributed by atoms with Crippen molar-refractivity contribution in [3.8, 4) is 78.1 Å². The summed E-state index contributed by atoms with van der Waals surface area (Å²) >= 11 is 0. The molecular weight excluding hydrogens is 1750 g/mol. The summed E-state index contributed by atoms with van der Waals surface area (Å²) in [6.07, 6.45) is 0. The lowest BCUT2D eigenvalue weighted by molar-refractivity contribution is 0.660. The average Bonchev–Trinajstić information content (AvgIpc) is 1.54. The molecule has 0 bridgehead atoms. The average molecular weight is 1840 g/mol. The lowest BCUT2D eigenvalue weighted by Crippen LogP contribution is -2.28. The van der Waals surface area contributed by atoms with Crippen molar-refractivity contribution in [2.45, 2.75) is 24.7 Å². The monoisotopic (exact) mass is 1840 g/mol. The van der Waals surface area contributed by atoms with Gasteiger partial charge in [-0.3, -0.25) is 0 Å². The van der Waals surface area contributed by atoms with E-state index in [9.17, 15) is 0 Å². The predicted octanol–water partition coefficient (Wildman–Crippen LogP) is 37.4. The van der Waals surface area contributed by atoms with Gasteiger partial charge in [0.05, 0.1) is 38.3 Å². The van der Waals surface area contributed by atoms with Gasteiger partial charge in [0.2, 0.25) is 0 Å². The summed E-state index contributed by atoms with van der Waals surface area (Å²) in [6, 6.07) is 180. The molecule has 0 N–H and O–H groups in total. The summed E-state index contributed by atoms with van der Waals surface area (Å²) in [7, 11) is 0. The first-order chi connectivity index (χ1) is 71.2. The highest BCUT2D eigenvalue weighted by Crippen LogP contribution is 2.59. The Labute approximate surface area is 829 Å². The van der Waals surface area contributed by atoms with Gasteiger partial charge in [0, 0.05) is 116 Å². The molecule has 0 saturated heterocycles. The van der Waals surface area contributed by atoms with Gasteiger partial charge in [-0.25, -0.2) is 0 Å². The fourth-order valence-electron chi connectivity index (χ4n) is 24.1. The van der Waals surface area contributed by atoms with Gasteiger partial charge in [-0.05, 0) is 247 Å². The fraction of sp³-hybridized carbons (Fsp3) is 0.0294. The molecule has 0 aliphatic heterocycles. The van der Waals surface area contributed by atoms with Crippen LogP contribution in [0.3, 0.4) is 0 Å². The van der Waals surface area contributed by atoms with Crippen LogP contribution in [0.5, 0.6) is 0 Å². The van der Waals surface area contributed by atoms with E-state index in [4.69, 9.17) is 17.7 Å². The summed E-state index contributed by atoms with van der Waals surface area (Å²) in [5, 5.41) is 13.5. The van der Waals surface area contributed by atoms with E-state index in [1.165, 1.54) is 94.0 Å². The van der Waals surface area contributed by atoms with Crippen LogP contribution in [0.1, 0.15) is 47.2 Å². The molecule has 6 heterocycles. The normalized spacial score (nSPS) is 12.9. The summed E-state index contributed by atoms with van der Waals surface area (Å²) < 4.78 is 31.4. The molecular formula is C136H88N4O4. The first-order valence-corrected chi connectivity index (χ1v) is 49.5. The molecule has 2 aliphatic rings. The lowest BCUT2D eigenvalue weighted by atomic mass is 9.67. The van der Waals surface area contributed by atoms with Gasteiger partial charge >= 0.3 is 0 Å². The van der Waals surface area contributed by atoms with E-state index < -0.39 is 5.41 Å². The molecule has 28 aromatic rings. The number of benzene rings is 22. The lowest BCUT2D eigenvalue weighted by Gasteiger charge is -2.35. The maximum atomic E-state index is 7.04. The zero-order valence-corrected chi connectivity index (χ0v) is 78.8. The second kappa shape index (κ2) is 32.4. The number of hydrogen-bond acceptors (Lipinski definition) is 6. The van der Waals surface area contributed by atoms with Gasteiger partial charge in [0.15, 0.2) is 0 Å². The van der Waals surface area contributed by atoms with Crippen molar-refractivity contribution in [3.05, 3.63) is 531 Å². The molecule has 2 aliphatic carbocycles. The van der Waals surface area contributed by atoms with E-state index >= 15 is 0 Å². The quantitative estimate of drug-likeness (QED) is 0.108. The Balaban J connectivity index is 0.000000138. The zero-order chi connectivity index (χ0) is 95.0. The van der Waals surface area contributed by atoms with Gasteiger partial charge in [-0.1, -0.05) is 354 Å². The van der Waals surface area contributed by atoms with Crippen LogP contribution < -0.4 is 9.80 Å². The maximum absolute atomic E-state index is 7.04. The molecule has 8 nitrogen and oxygen atoms in total. The van der Waals surface area contributed by atoms with Gasteiger partial charge in [-0.2, -0.15) is 0 Å². The topological polar surface area (TPSA) is 68.9 Å². The number of furan rings is 4. The number of nitrogens with zero attached hydrogens (tertiary/aromatic N) is 4. The first kappa shape index (κ1) is 82.3. The minimum absolute atomic E-state index is 0.130. The molecule has 22 aromatic carbocycles. The number of para-hydroxylation sites is 6. The molecule has 0 amide bonds. The van der Waals surface area contributed by atoms with Gasteiger partial charge in [0.25, 0.3) is 0 Å². The molecule has 676 valence electrons. The Morgan fingerprint density at radius 2 is 0.507 bits per heavy atom. The van der Waals surface area contributed by atoms with Crippen molar-refractivity contribution in [1.82, 2.24) is 9.13 Å². The van der Waals surface area contributed by atoms with E-state index in [1.54, 1.807) is 0 Å². The van der Waals surface area contributed by atoms with Gasteiger partial charge in [-0.15, -0.1) is 0 Å². The molecule has 0 fully saturated rings. The van der Waals surface area contributed by atoms with E-state index in [0.29, 0.717) is 0 Å². The highest BCUT2D eigenvalue weighted by molar-refractivity contribution is 6.30. The summed E-state index contributed by atoms with van der Waals surface area (Å²) in [4.78, 5) is 4.81. The molecule has 6 aromatic heterocycles. The Bertz CT molecular complexity index is 10000. The van der Waals surface area contributed by atoms with Crippen LogP contribution in [0.25, 0.3) is 210 Å². The van der Waals surface area contributed by atoms with Crippen molar-refractivity contribution in [3.63, 3.8) is 0 Å². The van der Waals surface area contributed by atoms with Crippen LogP contribution in [0.2, 0.25) is 0 Å². The van der Waals surface area contributed by atoms with E-state index in [1.807, 2.05) is 24.3 Å². The smallest absolute Gasteiger partial charge is 0.145 e. The van der Waals surface area contributed by atoms with Crippen molar-refractivity contribution in [1.29, 1.82) is 0 Å². The van der Waals surface area contributed by atoms with Crippen LogP contribution >= 0.6 is 0 Å². The van der Waals surface area contributed by atoms with Crippen LogP contribution in [0.15, 0.2) is 515 Å². The highest BCUT2D eigenvalue weighted by atomic mass is 16.3.